The molecule has 0 aliphatic heterocycles. The third-order valence-corrected chi connectivity index (χ3v) is 5.40. The van der Waals surface area contributed by atoms with Crippen LogP contribution in [0.5, 0.6) is 0 Å². The van der Waals surface area contributed by atoms with Crippen molar-refractivity contribution in [3.63, 3.8) is 0 Å². The number of halogens is 1. The molecule has 0 aliphatic rings. The molecule has 0 saturated carbocycles. The van der Waals surface area contributed by atoms with Gasteiger partial charge >= 0.3 is 0 Å². The van der Waals surface area contributed by atoms with Crippen molar-refractivity contribution in [2.45, 2.75) is 20.0 Å². The minimum Gasteiger partial charge on any atom is -0.351 e. The van der Waals surface area contributed by atoms with Crippen molar-refractivity contribution in [1.29, 1.82) is 0 Å². The summed E-state index contributed by atoms with van der Waals surface area (Å²) in [6, 6.07) is 14.7. The maximum atomic E-state index is 12.2. The number of benzene rings is 2. The highest BCUT2D eigenvalue weighted by Crippen LogP contribution is 2.15. The number of nitrogens with zero attached hydrogens (tertiary/aromatic N) is 1. The molecule has 0 aliphatic carbocycles. The summed E-state index contributed by atoms with van der Waals surface area (Å²) >= 11 is 6.05. The molecule has 134 valence electrons. The van der Waals surface area contributed by atoms with Crippen LogP contribution >= 0.6 is 11.6 Å². The minimum absolute atomic E-state index is 0.158. The molecule has 0 unspecified atom stereocenters. The molecule has 2 aromatic rings. The molecule has 0 saturated heterocycles. The van der Waals surface area contributed by atoms with Gasteiger partial charge in [0.1, 0.15) is 0 Å². The highest BCUT2D eigenvalue weighted by molar-refractivity contribution is 7.88. The second-order valence-corrected chi connectivity index (χ2v) is 8.22. The highest BCUT2D eigenvalue weighted by Gasteiger charge is 2.21. The molecule has 5 nitrogen and oxygen atoms in total. The number of hydrogen-bond acceptors (Lipinski definition) is 3. The van der Waals surface area contributed by atoms with Gasteiger partial charge in [0.25, 0.3) is 0 Å². The molecule has 0 atom stereocenters. The van der Waals surface area contributed by atoms with Gasteiger partial charge in [-0.15, -0.1) is 0 Å². The van der Waals surface area contributed by atoms with Crippen molar-refractivity contribution in [3.05, 3.63) is 70.2 Å². The molecule has 1 N–H and O–H groups in total. The number of sulfonamides is 1. The first-order valence-electron chi connectivity index (χ1n) is 7.77. The van der Waals surface area contributed by atoms with Gasteiger partial charge in [0, 0.05) is 18.1 Å². The van der Waals surface area contributed by atoms with E-state index in [1.54, 1.807) is 12.1 Å². The van der Waals surface area contributed by atoms with E-state index < -0.39 is 10.0 Å². The number of amides is 1. The number of hydrogen-bond donors (Lipinski definition) is 1. The molecule has 0 aromatic heterocycles. The summed E-state index contributed by atoms with van der Waals surface area (Å²) in [5.41, 5.74) is 2.63. The molecule has 2 aromatic carbocycles. The van der Waals surface area contributed by atoms with Crippen LogP contribution in [0.4, 0.5) is 0 Å². The number of carbonyl (C=O) groups is 1. The summed E-state index contributed by atoms with van der Waals surface area (Å²) in [5, 5.41) is 3.27. The van der Waals surface area contributed by atoms with E-state index in [4.69, 9.17) is 11.6 Å². The molecule has 7 heteroatoms. The lowest BCUT2D eigenvalue weighted by molar-refractivity contribution is -0.121. The molecule has 0 fully saturated rings. The topological polar surface area (TPSA) is 66.5 Å². The third kappa shape index (κ3) is 5.85. The zero-order chi connectivity index (χ0) is 18.4. The van der Waals surface area contributed by atoms with Crippen LogP contribution in [0, 0.1) is 6.92 Å². The summed E-state index contributed by atoms with van der Waals surface area (Å²) in [7, 11) is -3.52. The summed E-state index contributed by atoms with van der Waals surface area (Å²) in [6.45, 7) is 2.08. The van der Waals surface area contributed by atoms with Gasteiger partial charge in [0.05, 0.1) is 12.8 Å². The van der Waals surface area contributed by atoms with Gasteiger partial charge in [-0.2, -0.15) is 4.31 Å². The van der Waals surface area contributed by atoms with Crippen LogP contribution in [0.3, 0.4) is 0 Å². The van der Waals surface area contributed by atoms with Crippen LogP contribution in [-0.2, 0) is 27.9 Å². The van der Waals surface area contributed by atoms with E-state index in [0.29, 0.717) is 5.02 Å². The first-order valence-corrected chi connectivity index (χ1v) is 9.99. The summed E-state index contributed by atoms with van der Waals surface area (Å²) in [5.74, 6) is -0.376. The molecular weight excluding hydrogens is 360 g/mol. The van der Waals surface area contributed by atoms with Crippen molar-refractivity contribution in [2.75, 3.05) is 12.8 Å². The molecular formula is C18H21ClN2O3S. The summed E-state index contributed by atoms with van der Waals surface area (Å²) in [4.78, 5) is 12.2. The summed E-state index contributed by atoms with van der Waals surface area (Å²) < 4.78 is 25.2. The van der Waals surface area contributed by atoms with Gasteiger partial charge in [-0.1, -0.05) is 54.1 Å². The fraction of sp³-hybridized carbons (Fsp3) is 0.278. The largest absolute Gasteiger partial charge is 0.351 e. The lowest BCUT2D eigenvalue weighted by Gasteiger charge is -2.20. The Morgan fingerprint density at radius 2 is 1.68 bits per heavy atom. The fourth-order valence-electron chi connectivity index (χ4n) is 2.32. The molecule has 0 spiro atoms. The van der Waals surface area contributed by atoms with E-state index in [1.165, 1.54) is 0 Å². The maximum absolute atomic E-state index is 12.2. The number of nitrogens with one attached hydrogen (secondary N) is 1. The number of rotatable bonds is 7. The predicted octanol–water partition coefficient (Wildman–Crippen LogP) is 2.73. The number of aryl methyl sites for hydroxylation is 1. The Morgan fingerprint density at radius 1 is 1.08 bits per heavy atom. The van der Waals surface area contributed by atoms with E-state index in [9.17, 15) is 13.2 Å². The van der Waals surface area contributed by atoms with Gasteiger partial charge < -0.3 is 5.32 Å². The Hall–Kier alpha value is -1.89. The van der Waals surface area contributed by atoms with E-state index in [0.717, 1.165) is 27.3 Å². The zero-order valence-electron chi connectivity index (χ0n) is 14.2. The van der Waals surface area contributed by atoms with Crippen LogP contribution < -0.4 is 5.32 Å². The normalized spacial score (nSPS) is 11.5. The average molecular weight is 381 g/mol. The van der Waals surface area contributed by atoms with Gasteiger partial charge in [-0.25, -0.2) is 8.42 Å². The fourth-order valence-corrected chi connectivity index (χ4v) is 3.25. The number of carbonyl (C=O) groups excluding carboxylic acids is 1. The van der Waals surface area contributed by atoms with Crippen molar-refractivity contribution >= 4 is 27.5 Å². The van der Waals surface area contributed by atoms with Crippen LogP contribution in [0.25, 0.3) is 0 Å². The summed E-state index contributed by atoms with van der Waals surface area (Å²) in [6.07, 6.45) is 1.10. The Balaban J connectivity index is 2.03. The van der Waals surface area contributed by atoms with Crippen LogP contribution in [0.1, 0.15) is 16.7 Å². The second-order valence-electron chi connectivity index (χ2n) is 5.83. The molecule has 25 heavy (non-hydrogen) atoms. The smallest absolute Gasteiger partial charge is 0.235 e. The quantitative estimate of drug-likeness (QED) is 0.803. The highest BCUT2D eigenvalue weighted by atomic mass is 35.5. The Kier molecular flexibility index (Phi) is 6.58. The second kappa shape index (κ2) is 8.47. The Morgan fingerprint density at radius 3 is 2.28 bits per heavy atom. The Labute approximate surface area is 153 Å². The van der Waals surface area contributed by atoms with Crippen LogP contribution in [-0.4, -0.2) is 31.4 Å². The van der Waals surface area contributed by atoms with E-state index in [1.807, 2.05) is 43.3 Å². The lowest BCUT2D eigenvalue weighted by atomic mass is 10.1. The van der Waals surface area contributed by atoms with Crippen molar-refractivity contribution in [1.82, 2.24) is 9.62 Å². The van der Waals surface area contributed by atoms with Crippen molar-refractivity contribution in [3.8, 4) is 0 Å². The standard InChI is InChI=1S/C18H21ClN2O3S/c1-14-7-3-4-9-16(14)12-21(25(2,23)24)13-18(22)20-11-15-8-5-6-10-17(15)19/h3-10H,11-13H2,1-2H3,(H,20,22). The van der Waals surface area contributed by atoms with Crippen LogP contribution in [0.2, 0.25) is 5.02 Å². The van der Waals surface area contributed by atoms with Gasteiger partial charge in [0.15, 0.2) is 0 Å². The monoisotopic (exact) mass is 380 g/mol. The minimum atomic E-state index is -3.52. The van der Waals surface area contributed by atoms with Crippen LogP contribution in [0.15, 0.2) is 48.5 Å². The van der Waals surface area contributed by atoms with Crippen molar-refractivity contribution < 1.29 is 13.2 Å². The SMILES string of the molecule is Cc1ccccc1CN(CC(=O)NCc1ccccc1Cl)S(C)(=O)=O. The van der Waals surface area contributed by atoms with Crippen molar-refractivity contribution in [2.24, 2.45) is 0 Å². The maximum Gasteiger partial charge on any atom is 0.235 e. The van der Waals surface area contributed by atoms with E-state index in [-0.39, 0.29) is 25.5 Å². The molecule has 0 heterocycles. The van der Waals surface area contributed by atoms with Gasteiger partial charge in [-0.3, -0.25) is 4.79 Å². The molecule has 2 rings (SSSR count). The third-order valence-electron chi connectivity index (χ3n) is 3.83. The average Bonchev–Trinajstić information content (AvgIpc) is 2.54. The zero-order valence-corrected chi connectivity index (χ0v) is 15.8. The first kappa shape index (κ1) is 19.4. The molecule has 1 amide bonds. The first-order chi connectivity index (χ1) is 11.8. The van der Waals surface area contributed by atoms with Gasteiger partial charge in [-0.05, 0) is 29.7 Å². The molecule has 0 bridgehead atoms. The lowest BCUT2D eigenvalue weighted by Crippen LogP contribution is -2.39. The van der Waals surface area contributed by atoms with Gasteiger partial charge in [0.2, 0.25) is 15.9 Å². The predicted molar refractivity (Wildman–Crippen MR) is 99.7 cm³/mol. The van der Waals surface area contributed by atoms with E-state index >= 15 is 0 Å². The molecule has 0 radical (unpaired) electrons. The van der Waals surface area contributed by atoms with E-state index in [2.05, 4.69) is 5.32 Å². The Bertz CT molecular complexity index is 853.